The minimum Gasteiger partial charge on any atom is -0.394 e. The van der Waals surface area contributed by atoms with E-state index in [-0.39, 0.29) is 23.5 Å². The average molecular weight is 530 g/mol. The van der Waals surface area contributed by atoms with E-state index in [1.807, 2.05) is 20.9 Å². The number of aliphatic hydroxyl groups excluding tert-OH is 2. The van der Waals surface area contributed by atoms with E-state index in [1.165, 1.54) is 4.68 Å². The second kappa shape index (κ2) is 10.6. The van der Waals surface area contributed by atoms with E-state index in [0.29, 0.717) is 11.4 Å². The molecule has 10 nitrogen and oxygen atoms in total. The Hall–Kier alpha value is -4.23. The third-order valence-corrected chi connectivity index (χ3v) is 6.06. The first-order valence-corrected chi connectivity index (χ1v) is 11.6. The molecular formula is C25H26F3N7O3. The molecule has 0 bridgehead atoms. The molecule has 0 fully saturated rings. The van der Waals surface area contributed by atoms with E-state index in [2.05, 4.69) is 26.0 Å². The molecule has 0 radical (unpaired) electrons. The van der Waals surface area contributed by atoms with Gasteiger partial charge < -0.3 is 20.8 Å². The van der Waals surface area contributed by atoms with Gasteiger partial charge in [-0.2, -0.15) is 18.3 Å². The maximum Gasteiger partial charge on any atom is 0.416 e. The van der Waals surface area contributed by atoms with Gasteiger partial charge in [-0.05, 0) is 49.7 Å². The predicted octanol–water partition coefficient (Wildman–Crippen LogP) is 3.32. The van der Waals surface area contributed by atoms with Crippen LogP contribution in [0.15, 0.2) is 48.8 Å². The smallest absolute Gasteiger partial charge is 0.394 e. The third-order valence-electron chi connectivity index (χ3n) is 6.06. The summed E-state index contributed by atoms with van der Waals surface area (Å²) in [5.41, 5.74) is 2.90. The number of carbonyl (C=O) groups is 1. The van der Waals surface area contributed by atoms with Gasteiger partial charge in [0.1, 0.15) is 5.69 Å². The monoisotopic (exact) mass is 529 g/mol. The van der Waals surface area contributed by atoms with E-state index in [0.717, 1.165) is 35.0 Å². The van der Waals surface area contributed by atoms with Crippen molar-refractivity contribution in [2.24, 2.45) is 7.05 Å². The van der Waals surface area contributed by atoms with E-state index in [9.17, 15) is 23.1 Å². The Morgan fingerprint density at radius 2 is 1.89 bits per heavy atom. The van der Waals surface area contributed by atoms with E-state index >= 15 is 0 Å². The molecule has 0 aliphatic carbocycles. The number of aryl methyl sites for hydroxylation is 2. The highest BCUT2D eigenvalue weighted by molar-refractivity contribution is 6.06. The van der Waals surface area contributed by atoms with Crippen molar-refractivity contribution >= 4 is 17.3 Å². The van der Waals surface area contributed by atoms with Crippen LogP contribution in [-0.4, -0.2) is 60.2 Å². The summed E-state index contributed by atoms with van der Waals surface area (Å²) in [6, 6.07) is 7.63. The minimum atomic E-state index is -4.63. The van der Waals surface area contributed by atoms with Crippen molar-refractivity contribution in [3.8, 4) is 16.9 Å². The molecule has 1 amide bonds. The number of nitrogens with one attached hydrogen (secondary N) is 2. The lowest BCUT2D eigenvalue weighted by molar-refractivity contribution is -0.137. The molecule has 0 unspecified atom stereocenters. The van der Waals surface area contributed by atoms with E-state index < -0.39 is 30.4 Å². The van der Waals surface area contributed by atoms with Crippen LogP contribution in [-0.2, 0) is 13.2 Å². The summed E-state index contributed by atoms with van der Waals surface area (Å²) in [6.45, 7) is 3.06. The molecule has 0 saturated carbocycles. The molecule has 2 aromatic carbocycles. The highest BCUT2D eigenvalue weighted by Crippen LogP contribution is 2.34. The fourth-order valence-electron chi connectivity index (χ4n) is 3.72. The van der Waals surface area contributed by atoms with Gasteiger partial charge in [0, 0.05) is 30.4 Å². The Morgan fingerprint density at radius 3 is 2.55 bits per heavy atom. The maximum absolute atomic E-state index is 13.3. The molecule has 2 heterocycles. The summed E-state index contributed by atoms with van der Waals surface area (Å²) in [4.78, 5) is 13.1. The number of amides is 1. The molecule has 13 heteroatoms. The number of benzene rings is 2. The van der Waals surface area contributed by atoms with Crippen molar-refractivity contribution in [2.75, 3.05) is 23.8 Å². The first-order valence-electron chi connectivity index (χ1n) is 11.6. The number of halogens is 3. The summed E-state index contributed by atoms with van der Waals surface area (Å²) in [5.74, 6) is -0.653. The number of hydrogen-bond acceptors (Lipinski definition) is 7. The minimum absolute atomic E-state index is 0.132. The second-order valence-electron chi connectivity index (χ2n) is 8.75. The lowest BCUT2D eigenvalue weighted by atomic mass is 10.1. The van der Waals surface area contributed by atoms with Crippen LogP contribution in [0.25, 0.3) is 16.9 Å². The lowest BCUT2D eigenvalue weighted by Crippen LogP contribution is -2.24. The highest BCUT2D eigenvalue weighted by Gasteiger charge is 2.31. The molecule has 0 spiro atoms. The van der Waals surface area contributed by atoms with Gasteiger partial charge in [0.2, 0.25) is 0 Å². The standard InChI is InChI=1S/C25H26F3N7O3/c1-14-4-5-16(8-23(14)35-12-22(32-33-35)19-11-30-34(3)15(19)2)24(38)31-21-9-17(25(26,27)28)6-7-20(21)29-10-18(37)13-36/h4-9,11-12,18,29,36-37H,10,13H2,1-3H3,(H,31,38)/t18-/m0/s1. The van der Waals surface area contributed by atoms with Gasteiger partial charge in [-0.25, -0.2) is 4.68 Å². The first-order chi connectivity index (χ1) is 18.0. The van der Waals surface area contributed by atoms with Gasteiger partial charge in [-0.1, -0.05) is 11.3 Å². The van der Waals surface area contributed by atoms with Crippen molar-refractivity contribution in [3.63, 3.8) is 0 Å². The van der Waals surface area contributed by atoms with Crippen LogP contribution >= 0.6 is 0 Å². The Kier molecular flexibility index (Phi) is 7.51. The zero-order chi connectivity index (χ0) is 27.6. The van der Waals surface area contributed by atoms with Crippen LogP contribution in [0.5, 0.6) is 0 Å². The Morgan fingerprint density at radius 1 is 1.13 bits per heavy atom. The largest absolute Gasteiger partial charge is 0.416 e. The highest BCUT2D eigenvalue weighted by atomic mass is 19.4. The zero-order valence-electron chi connectivity index (χ0n) is 20.8. The van der Waals surface area contributed by atoms with E-state index in [4.69, 9.17) is 5.11 Å². The number of aromatic nitrogens is 5. The summed E-state index contributed by atoms with van der Waals surface area (Å²) >= 11 is 0. The van der Waals surface area contributed by atoms with Gasteiger partial charge in [-0.15, -0.1) is 5.10 Å². The number of nitrogens with zero attached hydrogens (tertiary/aromatic N) is 5. The second-order valence-corrected chi connectivity index (χ2v) is 8.75. The van der Waals surface area contributed by atoms with Crippen LogP contribution in [0.4, 0.5) is 24.5 Å². The normalized spacial score (nSPS) is 12.4. The molecule has 200 valence electrons. The summed E-state index contributed by atoms with van der Waals surface area (Å²) in [7, 11) is 1.82. The van der Waals surface area contributed by atoms with Gasteiger partial charge in [0.25, 0.3) is 5.91 Å². The SMILES string of the molecule is Cc1ccc(C(=O)Nc2cc(C(F)(F)F)ccc2NC[C@H](O)CO)cc1-n1cc(-c2cnn(C)c2C)nn1. The van der Waals surface area contributed by atoms with Crippen molar-refractivity contribution in [1.82, 2.24) is 24.8 Å². The Balaban J connectivity index is 1.63. The summed E-state index contributed by atoms with van der Waals surface area (Å²) in [6.07, 6.45) is -2.38. The van der Waals surface area contributed by atoms with Crippen LogP contribution in [0.3, 0.4) is 0 Å². The average Bonchev–Trinajstić information content (AvgIpc) is 3.49. The Labute approximate surface area is 215 Å². The molecule has 2 aromatic heterocycles. The van der Waals surface area contributed by atoms with Crippen LogP contribution in [0.1, 0.15) is 27.2 Å². The van der Waals surface area contributed by atoms with Crippen molar-refractivity contribution < 1.29 is 28.2 Å². The van der Waals surface area contributed by atoms with Crippen molar-refractivity contribution in [1.29, 1.82) is 0 Å². The van der Waals surface area contributed by atoms with Crippen molar-refractivity contribution in [3.05, 3.63) is 71.2 Å². The van der Waals surface area contributed by atoms with Crippen LogP contribution in [0, 0.1) is 13.8 Å². The molecular weight excluding hydrogens is 503 g/mol. The number of alkyl halides is 3. The van der Waals surface area contributed by atoms with Gasteiger partial charge in [0.05, 0.1) is 47.7 Å². The number of carbonyl (C=O) groups excluding carboxylic acids is 1. The summed E-state index contributed by atoms with van der Waals surface area (Å²) in [5, 5.41) is 36.5. The number of hydrogen-bond donors (Lipinski definition) is 4. The van der Waals surface area contributed by atoms with Gasteiger partial charge in [0.15, 0.2) is 0 Å². The fourth-order valence-corrected chi connectivity index (χ4v) is 3.72. The topological polar surface area (TPSA) is 130 Å². The third kappa shape index (κ3) is 5.68. The van der Waals surface area contributed by atoms with Crippen LogP contribution < -0.4 is 10.6 Å². The molecule has 0 saturated heterocycles. The lowest BCUT2D eigenvalue weighted by Gasteiger charge is -2.17. The van der Waals surface area contributed by atoms with Gasteiger partial charge in [-0.3, -0.25) is 9.48 Å². The van der Waals surface area contributed by atoms with E-state index in [1.54, 1.807) is 35.3 Å². The molecule has 1 atom stereocenters. The van der Waals surface area contributed by atoms with Crippen molar-refractivity contribution in [2.45, 2.75) is 26.1 Å². The number of aliphatic hydroxyl groups is 2. The molecule has 0 aliphatic rings. The molecule has 0 aliphatic heterocycles. The quantitative estimate of drug-likeness (QED) is 0.276. The Bertz CT molecular complexity index is 1460. The maximum atomic E-state index is 13.3. The fraction of sp³-hybridized carbons (Fsp3) is 0.280. The first kappa shape index (κ1) is 26.8. The number of anilines is 2. The van der Waals surface area contributed by atoms with Crippen LogP contribution in [0.2, 0.25) is 0 Å². The predicted molar refractivity (Wildman–Crippen MR) is 134 cm³/mol. The molecule has 4 rings (SSSR count). The molecule has 4 N–H and O–H groups in total. The number of rotatable bonds is 8. The molecule has 38 heavy (non-hydrogen) atoms. The molecule has 4 aromatic rings. The summed E-state index contributed by atoms with van der Waals surface area (Å²) < 4.78 is 43.2. The van der Waals surface area contributed by atoms with Gasteiger partial charge >= 0.3 is 6.18 Å². The zero-order valence-corrected chi connectivity index (χ0v) is 20.8.